The van der Waals surface area contributed by atoms with E-state index in [1.165, 1.54) is 12.1 Å². The number of pyridine rings is 1. The first-order chi connectivity index (χ1) is 26.7. The highest BCUT2D eigenvalue weighted by Crippen LogP contribution is 2.34. The van der Waals surface area contributed by atoms with Gasteiger partial charge in [0, 0.05) is 92.5 Å². The number of halogens is 1. The number of fused-ring (bicyclic) bond motifs is 1. The van der Waals surface area contributed by atoms with Crippen molar-refractivity contribution in [2.45, 2.75) is 78.3 Å². The first kappa shape index (κ1) is 38.1. The second-order valence-electron chi connectivity index (χ2n) is 14.7. The van der Waals surface area contributed by atoms with Crippen molar-refractivity contribution in [3.05, 3.63) is 112 Å². The van der Waals surface area contributed by atoms with Gasteiger partial charge < -0.3 is 26.0 Å². The molecule has 2 aromatic heterocycles. The second kappa shape index (κ2) is 17.1. The van der Waals surface area contributed by atoms with Crippen LogP contribution in [0.2, 0.25) is 0 Å². The predicted octanol–water partition coefficient (Wildman–Crippen LogP) is 6.15. The van der Waals surface area contributed by atoms with Gasteiger partial charge in [0.2, 0.25) is 5.91 Å². The Balaban J connectivity index is 1.27. The van der Waals surface area contributed by atoms with Crippen LogP contribution in [0.5, 0.6) is 0 Å². The van der Waals surface area contributed by atoms with Gasteiger partial charge in [0.05, 0.1) is 23.8 Å². The van der Waals surface area contributed by atoms with E-state index in [2.05, 4.69) is 46.6 Å². The highest BCUT2D eigenvalue weighted by atomic mass is 19.1. The molecule has 0 aliphatic carbocycles. The monoisotopic (exact) mass is 746 g/mol. The smallest absolute Gasteiger partial charge is 0.254 e. The molecule has 4 heterocycles. The standard InChI is InChI=1S/C43H51FN8O3/c1-4-39-37(40(48-34-14-18-55-19-15-34)36-23-47-52(5-2)42(36)49-39)27-51(43(54)33-11-7-10-32(22-33)41(45)53)26-30-12-13-38(44)35(21-30)31-9-6-8-29(20-31)25-50-17-16-46-28(3)24-50/h6-13,20-23,28,34,46H,4-5,14-19,24-27H2,1-3H3,(H2,45,53)(H,48,49)/t28-/m1/s1. The minimum Gasteiger partial charge on any atom is -0.381 e. The van der Waals surface area contributed by atoms with Crippen molar-refractivity contribution in [3.8, 4) is 11.1 Å². The van der Waals surface area contributed by atoms with Gasteiger partial charge in [-0.1, -0.05) is 37.3 Å². The number of primary amides is 1. The number of hydrogen-bond donors (Lipinski definition) is 3. The van der Waals surface area contributed by atoms with Gasteiger partial charge in [-0.25, -0.2) is 14.1 Å². The molecule has 5 aromatic rings. The molecule has 1 atom stereocenters. The number of nitrogens with zero attached hydrogens (tertiary/aromatic N) is 5. The molecule has 55 heavy (non-hydrogen) atoms. The third-order valence-corrected chi connectivity index (χ3v) is 10.7. The number of anilines is 1. The zero-order chi connectivity index (χ0) is 38.5. The molecule has 0 spiro atoms. The lowest BCUT2D eigenvalue weighted by atomic mass is 9.99. The zero-order valence-electron chi connectivity index (χ0n) is 32.0. The van der Waals surface area contributed by atoms with Crippen LogP contribution in [0.15, 0.2) is 72.9 Å². The Bertz CT molecular complexity index is 2160. The number of amides is 2. The van der Waals surface area contributed by atoms with E-state index in [0.29, 0.717) is 43.3 Å². The van der Waals surface area contributed by atoms with E-state index in [-0.39, 0.29) is 36.4 Å². The van der Waals surface area contributed by atoms with E-state index >= 15 is 4.39 Å². The summed E-state index contributed by atoms with van der Waals surface area (Å²) >= 11 is 0. The van der Waals surface area contributed by atoms with Crippen molar-refractivity contribution in [1.29, 1.82) is 0 Å². The maximum Gasteiger partial charge on any atom is 0.254 e. The van der Waals surface area contributed by atoms with E-state index in [9.17, 15) is 9.59 Å². The molecule has 11 nitrogen and oxygen atoms in total. The number of piperazine rings is 1. The fourth-order valence-electron chi connectivity index (χ4n) is 7.82. The van der Waals surface area contributed by atoms with Crippen molar-refractivity contribution < 1.29 is 18.7 Å². The van der Waals surface area contributed by atoms with Crippen LogP contribution in [-0.4, -0.2) is 81.3 Å². The van der Waals surface area contributed by atoms with Gasteiger partial charge in [-0.3, -0.25) is 14.5 Å². The molecule has 2 saturated heterocycles. The molecule has 0 saturated carbocycles. The highest BCUT2D eigenvalue weighted by molar-refractivity contribution is 5.99. The normalized spacial score (nSPS) is 16.7. The highest BCUT2D eigenvalue weighted by Gasteiger charge is 2.26. The molecule has 2 aliphatic heterocycles. The molecule has 3 aromatic carbocycles. The molecule has 288 valence electrons. The van der Waals surface area contributed by atoms with Gasteiger partial charge in [-0.2, -0.15) is 5.10 Å². The average Bonchev–Trinajstić information content (AvgIpc) is 3.62. The van der Waals surface area contributed by atoms with E-state index in [1.807, 2.05) is 36.0 Å². The summed E-state index contributed by atoms with van der Waals surface area (Å²) in [7, 11) is 0. The minimum absolute atomic E-state index is 0.176. The first-order valence-electron chi connectivity index (χ1n) is 19.4. The first-order valence-corrected chi connectivity index (χ1v) is 19.4. The lowest BCUT2D eigenvalue weighted by Crippen LogP contribution is -2.48. The fraction of sp³-hybridized carbons (Fsp3) is 0.395. The van der Waals surface area contributed by atoms with E-state index in [4.69, 9.17) is 15.5 Å². The molecule has 12 heteroatoms. The number of rotatable bonds is 13. The summed E-state index contributed by atoms with van der Waals surface area (Å²) in [5, 5.41) is 12.9. The van der Waals surface area contributed by atoms with Crippen LogP contribution in [0, 0.1) is 5.82 Å². The summed E-state index contributed by atoms with van der Waals surface area (Å²) in [6.07, 6.45) is 4.18. The number of hydrogen-bond acceptors (Lipinski definition) is 8. The maximum atomic E-state index is 15.7. The molecule has 4 N–H and O–H groups in total. The number of aryl methyl sites for hydroxylation is 2. The van der Waals surface area contributed by atoms with Gasteiger partial charge in [0.25, 0.3) is 5.91 Å². The fourth-order valence-corrected chi connectivity index (χ4v) is 7.82. The number of benzene rings is 3. The molecule has 2 aliphatic rings. The molecule has 2 amide bonds. The van der Waals surface area contributed by atoms with Crippen LogP contribution in [0.1, 0.15) is 76.7 Å². The van der Waals surface area contributed by atoms with E-state index in [1.54, 1.807) is 29.2 Å². The third-order valence-electron chi connectivity index (χ3n) is 10.7. The van der Waals surface area contributed by atoms with Crippen LogP contribution in [0.25, 0.3) is 22.2 Å². The number of nitrogens with two attached hydrogens (primary N) is 1. The third kappa shape index (κ3) is 8.72. The van der Waals surface area contributed by atoms with Crippen molar-refractivity contribution >= 4 is 28.5 Å². The largest absolute Gasteiger partial charge is 0.381 e. The second-order valence-corrected chi connectivity index (χ2v) is 14.7. The summed E-state index contributed by atoms with van der Waals surface area (Å²) < 4.78 is 23.3. The van der Waals surface area contributed by atoms with Crippen molar-refractivity contribution in [1.82, 2.24) is 29.9 Å². The van der Waals surface area contributed by atoms with Gasteiger partial charge in [-0.15, -0.1) is 0 Å². The predicted molar refractivity (Wildman–Crippen MR) is 213 cm³/mol. The lowest BCUT2D eigenvalue weighted by Gasteiger charge is -2.31. The Morgan fingerprint density at radius 3 is 2.58 bits per heavy atom. The molecular formula is C43H51FN8O3. The number of ether oxygens (including phenoxy) is 1. The van der Waals surface area contributed by atoms with Gasteiger partial charge >= 0.3 is 0 Å². The summed E-state index contributed by atoms with van der Waals surface area (Å²) in [4.78, 5) is 36.1. The average molecular weight is 747 g/mol. The Labute approximate surface area is 322 Å². The zero-order valence-corrected chi connectivity index (χ0v) is 32.0. The van der Waals surface area contributed by atoms with Gasteiger partial charge in [0.15, 0.2) is 5.65 Å². The number of carbonyl (C=O) groups is 2. The summed E-state index contributed by atoms with van der Waals surface area (Å²) in [5.74, 6) is -1.23. The lowest BCUT2D eigenvalue weighted by molar-refractivity contribution is 0.0729. The Hall–Kier alpha value is -5.17. The molecule has 0 radical (unpaired) electrons. The SMILES string of the molecule is CCc1nc2c(cnn2CC)c(NC2CCOCC2)c1CN(Cc1ccc(F)c(-c2cccc(CN3CCN[C@H](C)C3)c2)c1)C(=O)c1cccc(C(N)=O)c1. The van der Waals surface area contributed by atoms with Crippen LogP contribution in [0.4, 0.5) is 10.1 Å². The van der Waals surface area contributed by atoms with Gasteiger partial charge in [-0.05, 0) is 86.2 Å². The van der Waals surface area contributed by atoms with Crippen molar-refractivity contribution in [2.24, 2.45) is 5.73 Å². The van der Waals surface area contributed by atoms with E-state index < -0.39 is 5.91 Å². The van der Waals surface area contributed by atoms with E-state index in [0.717, 1.165) is 83.7 Å². The van der Waals surface area contributed by atoms with Crippen LogP contribution < -0.4 is 16.4 Å². The minimum atomic E-state index is -0.614. The Kier molecular flexibility index (Phi) is 11.8. The number of nitrogens with one attached hydrogen (secondary N) is 2. The van der Waals surface area contributed by atoms with Crippen LogP contribution in [0.3, 0.4) is 0 Å². The van der Waals surface area contributed by atoms with Crippen molar-refractivity contribution in [2.75, 3.05) is 38.2 Å². The summed E-state index contributed by atoms with van der Waals surface area (Å²) in [5.41, 5.74) is 12.8. The number of aromatic nitrogens is 3. The maximum absolute atomic E-state index is 15.7. The molecule has 7 rings (SSSR count). The molecule has 2 fully saturated rings. The Morgan fingerprint density at radius 1 is 1.02 bits per heavy atom. The molecule has 0 bridgehead atoms. The topological polar surface area (TPSA) is 131 Å². The summed E-state index contributed by atoms with van der Waals surface area (Å²) in [6.45, 7) is 12.3. The quantitative estimate of drug-likeness (QED) is 0.131. The number of carbonyl (C=O) groups excluding carboxylic acids is 2. The molecular weight excluding hydrogens is 696 g/mol. The molecule has 0 unspecified atom stereocenters. The Morgan fingerprint density at radius 2 is 1.82 bits per heavy atom. The van der Waals surface area contributed by atoms with Gasteiger partial charge in [0.1, 0.15) is 5.82 Å². The van der Waals surface area contributed by atoms with Crippen LogP contribution in [-0.2, 0) is 37.3 Å². The van der Waals surface area contributed by atoms with Crippen molar-refractivity contribution in [3.63, 3.8) is 0 Å². The summed E-state index contributed by atoms with van der Waals surface area (Å²) in [6, 6.07) is 20.2. The van der Waals surface area contributed by atoms with Crippen LogP contribution >= 0.6 is 0 Å².